The number of para-hydroxylation sites is 3. The van der Waals surface area contributed by atoms with Gasteiger partial charge in [0, 0.05) is 44.0 Å². The number of hydrogen-bond donors (Lipinski definition) is 0. The van der Waals surface area contributed by atoms with Crippen molar-refractivity contribution in [3.05, 3.63) is 231 Å². The minimum absolute atomic E-state index is 0.864. The molecule has 294 valence electrons. The second-order valence-corrected chi connectivity index (χ2v) is 16.4. The molecule has 10 aromatic carbocycles. The molecule has 3 nitrogen and oxygen atoms in total. The lowest BCUT2D eigenvalue weighted by molar-refractivity contribution is 0.669. The summed E-state index contributed by atoms with van der Waals surface area (Å²) >= 11 is 0. The van der Waals surface area contributed by atoms with Gasteiger partial charge in [0.25, 0.3) is 0 Å². The van der Waals surface area contributed by atoms with Crippen LogP contribution in [0.2, 0.25) is 0 Å². The van der Waals surface area contributed by atoms with Crippen molar-refractivity contribution in [1.82, 2.24) is 4.40 Å². The van der Waals surface area contributed by atoms with Crippen LogP contribution in [-0.4, -0.2) is 4.40 Å². The molecule has 0 amide bonds. The van der Waals surface area contributed by atoms with Crippen molar-refractivity contribution in [2.24, 2.45) is 0 Å². The lowest BCUT2D eigenvalue weighted by atomic mass is 9.96. The van der Waals surface area contributed by atoms with Gasteiger partial charge in [0.05, 0.1) is 27.6 Å². The number of hydrogen-bond acceptors (Lipinski definition) is 2. The molecule has 63 heavy (non-hydrogen) atoms. The van der Waals surface area contributed by atoms with Gasteiger partial charge in [0.1, 0.15) is 11.2 Å². The maximum absolute atomic E-state index is 6.45. The van der Waals surface area contributed by atoms with E-state index in [0.717, 1.165) is 44.6 Å². The first kappa shape index (κ1) is 35.4. The van der Waals surface area contributed by atoms with Crippen LogP contribution < -0.4 is 4.90 Å². The molecule has 0 bridgehead atoms. The lowest BCUT2D eigenvalue weighted by Gasteiger charge is -2.27. The molecule has 0 saturated carbocycles. The van der Waals surface area contributed by atoms with Crippen LogP contribution in [0.25, 0.3) is 104 Å². The van der Waals surface area contributed by atoms with E-state index in [4.69, 9.17) is 4.42 Å². The first-order valence-electron chi connectivity index (χ1n) is 21.6. The smallest absolute Gasteiger partial charge is 0.137 e. The van der Waals surface area contributed by atoms with Gasteiger partial charge in [-0.25, -0.2) is 0 Å². The topological polar surface area (TPSA) is 20.8 Å². The molecule has 0 fully saturated rings. The molecule has 3 aromatic heterocycles. The Morgan fingerprint density at radius 3 is 1.67 bits per heavy atom. The van der Waals surface area contributed by atoms with Gasteiger partial charge < -0.3 is 13.7 Å². The van der Waals surface area contributed by atoms with E-state index in [1.165, 1.54) is 76.7 Å². The van der Waals surface area contributed by atoms with E-state index in [1.54, 1.807) is 0 Å². The highest BCUT2D eigenvalue weighted by Gasteiger charge is 2.23. The van der Waals surface area contributed by atoms with Crippen LogP contribution in [0, 0.1) is 0 Å². The van der Waals surface area contributed by atoms with Crippen LogP contribution in [0.5, 0.6) is 0 Å². The molecule has 13 rings (SSSR count). The zero-order valence-corrected chi connectivity index (χ0v) is 34.2. The van der Waals surface area contributed by atoms with Crippen molar-refractivity contribution in [2.45, 2.75) is 0 Å². The first-order chi connectivity index (χ1) is 31.3. The van der Waals surface area contributed by atoms with E-state index < -0.39 is 0 Å². The third kappa shape index (κ3) is 5.46. The van der Waals surface area contributed by atoms with Crippen LogP contribution >= 0.6 is 0 Å². The van der Waals surface area contributed by atoms with Crippen LogP contribution in [0.1, 0.15) is 0 Å². The third-order valence-corrected chi connectivity index (χ3v) is 13.0. The van der Waals surface area contributed by atoms with Gasteiger partial charge in [0.15, 0.2) is 0 Å². The molecular weight excluding hydrogens is 765 g/mol. The van der Waals surface area contributed by atoms with Crippen molar-refractivity contribution >= 4 is 87.9 Å². The zero-order chi connectivity index (χ0) is 41.4. The Hall–Kier alpha value is -8.40. The molecule has 0 aliphatic carbocycles. The summed E-state index contributed by atoms with van der Waals surface area (Å²) < 4.78 is 8.97. The average Bonchev–Trinajstić information content (AvgIpc) is 3.92. The van der Waals surface area contributed by atoms with Gasteiger partial charge in [-0.15, -0.1) is 0 Å². The van der Waals surface area contributed by atoms with Gasteiger partial charge in [-0.2, -0.15) is 0 Å². The maximum Gasteiger partial charge on any atom is 0.137 e. The Morgan fingerprint density at radius 1 is 0.333 bits per heavy atom. The highest BCUT2D eigenvalue weighted by atomic mass is 16.3. The van der Waals surface area contributed by atoms with Gasteiger partial charge in [-0.3, -0.25) is 0 Å². The van der Waals surface area contributed by atoms with Crippen molar-refractivity contribution in [1.29, 1.82) is 0 Å². The summed E-state index contributed by atoms with van der Waals surface area (Å²) in [4.78, 5) is 2.38. The van der Waals surface area contributed by atoms with E-state index in [0.29, 0.717) is 0 Å². The third-order valence-electron chi connectivity index (χ3n) is 13.0. The molecule has 0 unspecified atom stereocenters. The highest BCUT2D eigenvalue weighted by Crippen LogP contribution is 2.47. The lowest BCUT2D eigenvalue weighted by Crippen LogP contribution is -2.10. The number of furan rings is 1. The van der Waals surface area contributed by atoms with Crippen LogP contribution in [0.3, 0.4) is 0 Å². The zero-order valence-electron chi connectivity index (χ0n) is 34.2. The fourth-order valence-corrected chi connectivity index (χ4v) is 10.2. The number of fused-ring (bicyclic) bond motifs is 12. The Balaban J connectivity index is 1.02. The minimum Gasteiger partial charge on any atom is -0.456 e. The minimum atomic E-state index is 0.864. The van der Waals surface area contributed by atoms with E-state index in [1.807, 2.05) is 6.07 Å². The molecule has 0 atom stereocenters. The van der Waals surface area contributed by atoms with E-state index >= 15 is 0 Å². The van der Waals surface area contributed by atoms with E-state index in [2.05, 4.69) is 234 Å². The quantitative estimate of drug-likeness (QED) is 0.156. The number of anilines is 3. The van der Waals surface area contributed by atoms with Gasteiger partial charge in [0.2, 0.25) is 0 Å². The molecule has 13 aromatic rings. The Kier molecular flexibility index (Phi) is 7.91. The standard InChI is InChI=1S/C60H38N2O/c1-2-16-42(17-3-1)57-51-22-8-10-27-53(51)62-59-47(25-13-26-49(59)48-20-6-7-21-50(48)60(57)62)41-33-37-44(38-34-41)61(54-28-14-30-56-58(54)52-23-9-11-29-55(52)63-56)43-35-31-40(32-36-43)46-24-12-18-39-15-4-5-19-45(39)46/h1-38H. The van der Waals surface area contributed by atoms with Crippen LogP contribution in [0.15, 0.2) is 235 Å². The monoisotopic (exact) mass is 802 g/mol. The molecule has 3 heteroatoms. The predicted molar refractivity (Wildman–Crippen MR) is 266 cm³/mol. The molecule has 0 saturated heterocycles. The Morgan fingerprint density at radius 2 is 0.873 bits per heavy atom. The number of nitrogens with zero attached hydrogens (tertiary/aromatic N) is 2. The molecule has 0 radical (unpaired) electrons. The summed E-state index contributed by atoms with van der Waals surface area (Å²) in [6.07, 6.45) is 0. The second-order valence-electron chi connectivity index (χ2n) is 16.4. The fraction of sp³-hybridized carbons (Fsp3) is 0. The molecule has 0 aliphatic rings. The molecule has 0 spiro atoms. The van der Waals surface area contributed by atoms with Gasteiger partial charge in [-0.05, 0) is 86.9 Å². The fourth-order valence-electron chi connectivity index (χ4n) is 10.2. The van der Waals surface area contributed by atoms with E-state index in [-0.39, 0.29) is 0 Å². The van der Waals surface area contributed by atoms with Crippen molar-refractivity contribution < 1.29 is 4.42 Å². The summed E-state index contributed by atoms with van der Waals surface area (Å²) in [6, 6.07) is 83.4. The Labute approximate surface area is 363 Å². The van der Waals surface area contributed by atoms with Gasteiger partial charge in [-0.1, -0.05) is 182 Å². The van der Waals surface area contributed by atoms with Crippen molar-refractivity contribution in [2.75, 3.05) is 4.90 Å². The number of benzene rings is 10. The number of pyridine rings is 1. The summed E-state index contributed by atoms with van der Waals surface area (Å²) in [5.74, 6) is 0. The molecule has 0 aliphatic heterocycles. The number of rotatable bonds is 6. The molecular formula is C60H38N2O. The number of aromatic nitrogens is 1. The van der Waals surface area contributed by atoms with Crippen molar-refractivity contribution in [3.8, 4) is 33.4 Å². The van der Waals surface area contributed by atoms with Crippen LogP contribution in [-0.2, 0) is 0 Å². The maximum atomic E-state index is 6.45. The summed E-state index contributed by atoms with van der Waals surface area (Å²) in [5.41, 5.74) is 15.8. The normalized spacial score (nSPS) is 11.8. The van der Waals surface area contributed by atoms with Crippen LogP contribution in [0.4, 0.5) is 17.1 Å². The van der Waals surface area contributed by atoms with E-state index in [9.17, 15) is 0 Å². The first-order valence-corrected chi connectivity index (χ1v) is 21.6. The Bertz CT molecular complexity index is 3890. The van der Waals surface area contributed by atoms with Crippen molar-refractivity contribution in [3.63, 3.8) is 0 Å². The SMILES string of the molecule is c1ccc(-c2c3ccccc3n3c4c(-c5ccc(N(c6ccc(-c7cccc8ccccc78)cc6)c6cccc7oc8ccccc8c67)cc5)cccc4c4ccccc4c23)cc1. The summed E-state index contributed by atoms with van der Waals surface area (Å²) in [6.45, 7) is 0. The largest absolute Gasteiger partial charge is 0.456 e. The highest BCUT2D eigenvalue weighted by molar-refractivity contribution is 6.23. The molecule has 0 N–H and O–H groups in total. The summed E-state index contributed by atoms with van der Waals surface area (Å²) in [5, 5.41) is 9.64. The van der Waals surface area contributed by atoms with Gasteiger partial charge >= 0.3 is 0 Å². The average molecular weight is 803 g/mol. The molecule has 3 heterocycles. The summed E-state index contributed by atoms with van der Waals surface area (Å²) in [7, 11) is 0. The second kappa shape index (κ2) is 14.1. The predicted octanol–water partition coefficient (Wildman–Crippen LogP) is 16.9.